The predicted octanol–water partition coefficient (Wildman–Crippen LogP) is 7.44. The van der Waals surface area contributed by atoms with Gasteiger partial charge in [0, 0.05) is 30.4 Å². The lowest BCUT2D eigenvalue weighted by Gasteiger charge is -2.05. The number of benzene rings is 3. The highest BCUT2D eigenvalue weighted by Crippen LogP contribution is 2.33. The van der Waals surface area contributed by atoms with Crippen molar-refractivity contribution in [3.05, 3.63) is 89.5 Å². The maximum absolute atomic E-state index is 11.2. The number of allylic oxidation sites excluding steroid dienone is 1. The van der Waals surface area contributed by atoms with Crippen molar-refractivity contribution >= 4 is 12.3 Å². The molecule has 8 heteroatoms. The molecule has 0 aromatic heterocycles. The molecule has 0 radical (unpaired) electrons. The van der Waals surface area contributed by atoms with Crippen molar-refractivity contribution in [2.45, 2.75) is 72.3 Å². The fourth-order valence-corrected chi connectivity index (χ4v) is 4.83. The van der Waals surface area contributed by atoms with E-state index in [9.17, 15) is 14.7 Å². The van der Waals surface area contributed by atoms with Gasteiger partial charge in [-0.2, -0.15) is 0 Å². The highest BCUT2D eigenvalue weighted by molar-refractivity contribution is 5.69. The second kappa shape index (κ2) is 20.5. The Bertz CT molecular complexity index is 1350. The maximum atomic E-state index is 11.2. The third-order valence-electron chi connectivity index (χ3n) is 6.91. The van der Waals surface area contributed by atoms with Gasteiger partial charge in [-0.15, -0.1) is 6.58 Å². The average Bonchev–Trinajstić information content (AvgIpc) is 3.62. The van der Waals surface area contributed by atoms with E-state index in [4.69, 9.17) is 24.1 Å². The second-order valence-corrected chi connectivity index (χ2v) is 10.5. The van der Waals surface area contributed by atoms with Crippen molar-refractivity contribution < 1.29 is 38.7 Å². The van der Waals surface area contributed by atoms with Crippen LogP contribution in [0.2, 0.25) is 0 Å². The van der Waals surface area contributed by atoms with Gasteiger partial charge in [0.1, 0.15) is 41.1 Å². The molecule has 1 aliphatic carbocycles. The molecular formula is C37H50O8. The topological polar surface area (TPSA) is 112 Å². The van der Waals surface area contributed by atoms with Crippen LogP contribution in [0.15, 0.2) is 67.3 Å². The molecule has 0 bridgehead atoms. The zero-order chi connectivity index (χ0) is 32.5. The summed E-state index contributed by atoms with van der Waals surface area (Å²) in [4.78, 5) is 21.5. The molecule has 0 saturated carbocycles. The number of esters is 1. The Labute approximate surface area is 268 Å². The molecule has 5 rings (SSSR count). The summed E-state index contributed by atoms with van der Waals surface area (Å²) in [6.07, 6.45) is 8.07. The number of aldehydes is 1. The van der Waals surface area contributed by atoms with Crippen molar-refractivity contribution in [3.63, 3.8) is 0 Å². The summed E-state index contributed by atoms with van der Waals surface area (Å²) in [6, 6.07) is 16.3. The van der Waals surface area contributed by atoms with Crippen molar-refractivity contribution in [1.29, 1.82) is 0 Å². The molecule has 0 amide bonds. The van der Waals surface area contributed by atoms with Crippen LogP contribution in [0.5, 0.6) is 28.7 Å². The van der Waals surface area contributed by atoms with Gasteiger partial charge < -0.3 is 34.0 Å². The average molecular weight is 623 g/mol. The number of carbonyl (C=O) groups is 2. The number of fused-ring (bicyclic) bond motifs is 2. The summed E-state index contributed by atoms with van der Waals surface area (Å²) in [5.74, 6) is 3.22. The van der Waals surface area contributed by atoms with Crippen LogP contribution in [-0.4, -0.2) is 49.9 Å². The number of carbonyl (C=O) groups excluding carboxylic acids is 2. The van der Waals surface area contributed by atoms with Gasteiger partial charge >= 0.3 is 5.97 Å². The van der Waals surface area contributed by atoms with Crippen LogP contribution in [0.4, 0.5) is 0 Å². The van der Waals surface area contributed by atoms with E-state index in [1.807, 2.05) is 24.3 Å². The molecule has 2 aliphatic rings. The number of phenols is 2. The summed E-state index contributed by atoms with van der Waals surface area (Å²) in [7, 11) is 4.75. The van der Waals surface area contributed by atoms with Crippen molar-refractivity contribution in [1.82, 2.24) is 0 Å². The van der Waals surface area contributed by atoms with E-state index < -0.39 is 0 Å². The normalized spacial score (nSPS) is 14.9. The Hall–Kier alpha value is -4.46. The number of ether oxygens (including phenoxy) is 4. The lowest BCUT2D eigenvalue weighted by molar-refractivity contribution is -0.141. The summed E-state index contributed by atoms with van der Waals surface area (Å²) >= 11 is 0. The molecule has 8 nitrogen and oxygen atoms in total. The van der Waals surface area contributed by atoms with Gasteiger partial charge in [0.2, 0.25) is 0 Å². The number of aromatic hydroxyl groups is 2. The minimum atomic E-state index is -0.121. The van der Waals surface area contributed by atoms with Crippen LogP contribution in [-0.2, 0) is 40.0 Å². The molecule has 45 heavy (non-hydrogen) atoms. The predicted molar refractivity (Wildman–Crippen MR) is 179 cm³/mol. The first-order valence-electron chi connectivity index (χ1n) is 14.8. The molecule has 3 aromatic carbocycles. The number of rotatable bonds is 8. The number of phenolic OH excluding ortho intramolecular Hbond substituents is 2. The van der Waals surface area contributed by atoms with E-state index in [2.05, 4.69) is 32.6 Å². The quantitative estimate of drug-likeness (QED) is 0.115. The van der Waals surface area contributed by atoms with E-state index in [1.165, 1.54) is 42.9 Å². The van der Waals surface area contributed by atoms with Crippen LogP contribution in [0, 0.1) is 5.92 Å². The molecule has 2 unspecified atom stereocenters. The molecule has 1 heterocycles. The van der Waals surface area contributed by atoms with Crippen LogP contribution in [0.25, 0.3) is 0 Å². The fourth-order valence-electron chi connectivity index (χ4n) is 4.83. The minimum absolute atomic E-state index is 0. The Balaban J connectivity index is 0.000000324. The van der Waals surface area contributed by atoms with Gasteiger partial charge in [0.25, 0.3) is 0 Å². The van der Waals surface area contributed by atoms with E-state index >= 15 is 0 Å². The molecule has 246 valence electrons. The smallest absolute Gasteiger partial charge is 0.305 e. The van der Waals surface area contributed by atoms with Crippen molar-refractivity contribution in [3.8, 4) is 28.7 Å². The Morgan fingerprint density at radius 2 is 1.53 bits per heavy atom. The maximum Gasteiger partial charge on any atom is 0.305 e. The zero-order valence-electron chi connectivity index (χ0n) is 26.5. The molecule has 3 aromatic rings. The summed E-state index contributed by atoms with van der Waals surface area (Å²) in [5.41, 5.74) is 4.44. The van der Waals surface area contributed by atoms with Gasteiger partial charge in [-0.25, -0.2) is 0 Å². The van der Waals surface area contributed by atoms with Gasteiger partial charge in [-0.05, 0) is 84.8 Å². The lowest BCUT2D eigenvalue weighted by atomic mass is 10.0. The van der Waals surface area contributed by atoms with E-state index in [0.29, 0.717) is 30.7 Å². The van der Waals surface area contributed by atoms with Crippen molar-refractivity contribution in [2.75, 3.05) is 21.3 Å². The van der Waals surface area contributed by atoms with Gasteiger partial charge in [-0.3, -0.25) is 4.79 Å². The van der Waals surface area contributed by atoms with Gasteiger partial charge in [0.05, 0.1) is 21.3 Å². The monoisotopic (exact) mass is 622 g/mol. The molecular weight excluding hydrogens is 572 g/mol. The largest absolute Gasteiger partial charge is 0.508 e. The second-order valence-electron chi connectivity index (χ2n) is 10.5. The first-order chi connectivity index (χ1) is 21.2. The van der Waals surface area contributed by atoms with Crippen LogP contribution in [0.1, 0.15) is 62.8 Å². The summed E-state index contributed by atoms with van der Waals surface area (Å²) in [5, 5.41) is 18.2. The summed E-state index contributed by atoms with van der Waals surface area (Å²) < 4.78 is 20.5. The SMILES string of the molecule is C.C=CCc1cc(O)ccc1O.CCC.COC(=O)CC1Cc2ccc(OC)cc2C1.COc1ccc2c(c1)CC(CC=O)O2. The van der Waals surface area contributed by atoms with Crippen LogP contribution < -0.4 is 14.2 Å². The van der Waals surface area contributed by atoms with Crippen LogP contribution in [0.3, 0.4) is 0 Å². The third kappa shape index (κ3) is 12.6. The van der Waals surface area contributed by atoms with Crippen molar-refractivity contribution in [2.24, 2.45) is 5.92 Å². The third-order valence-corrected chi connectivity index (χ3v) is 6.91. The summed E-state index contributed by atoms with van der Waals surface area (Å²) in [6.45, 7) is 7.78. The molecule has 2 atom stereocenters. The van der Waals surface area contributed by atoms with Gasteiger partial charge in [-0.1, -0.05) is 39.8 Å². The zero-order valence-corrected chi connectivity index (χ0v) is 26.5. The highest BCUT2D eigenvalue weighted by Gasteiger charge is 2.24. The highest BCUT2D eigenvalue weighted by atomic mass is 16.5. The Morgan fingerprint density at radius 3 is 2.13 bits per heavy atom. The standard InChI is InChI=1S/C13H16O3.C11H12O3.C9H10O2.C3H8.CH4/c1-15-12-4-3-10-5-9(6-11(10)8-12)7-13(14)16-2;1-13-9-2-3-11-8(6-9)7-10(14-11)4-5-12;1-2-3-7-6-8(10)4-5-9(7)11;1-3-2;/h3-4,8-9H,5-7H2,1-2H3;2-3,5-6,10H,4,7H2,1H3;2,4-6,10-11H,1,3H2;3H2,1-2H3;1H4. The number of hydrogen-bond donors (Lipinski definition) is 2. The molecule has 0 fully saturated rings. The Morgan fingerprint density at radius 1 is 0.911 bits per heavy atom. The number of hydrogen-bond acceptors (Lipinski definition) is 8. The molecule has 0 spiro atoms. The first-order valence-corrected chi connectivity index (χ1v) is 14.8. The number of methoxy groups -OCH3 is 3. The molecule has 0 saturated heterocycles. The fraction of sp³-hybridized carbons (Fsp3) is 0.405. The lowest BCUT2D eigenvalue weighted by Crippen LogP contribution is -2.12. The van der Waals surface area contributed by atoms with E-state index in [0.717, 1.165) is 48.4 Å². The van der Waals surface area contributed by atoms with E-state index in [-0.39, 0.29) is 31.0 Å². The van der Waals surface area contributed by atoms with E-state index in [1.54, 1.807) is 20.3 Å². The van der Waals surface area contributed by atoms with Gasteiger partial charge in [0.15, 0.2) is 0 Å². The molecule has 2 N–H and O–H groups in total. The minimum Gasteiger partial charge on any atom is -0.508 e. The van der Waals surface area contributed by atoms with Crippen LogP contribution >= 0.6 is 0 Å². The Kier molecular flexibility index (Phi) is 17.6. The first kappa shape index (κ1) is 38.6. The molecule has 1 aliphatic heterocycles.